The second kappa shape index (κ2) is 21.0. The van der Waals surface area contributed by atoms with Gasteiger partial charge in [-0.15, -0.1) is 0 Å². The Morgan fingerprint density at radius 2 is 1.55 bits per heavy atom. The number of carboxylic acid groups (broad SMARTS) is 1. The number of benzene rings is 5. The average Bonchev–Trinajstić information content (AvgIpc) is 3.80. The molecule has 7 rings (SSSR count). The van der Waals surface area contributed by atoms with Crippen molar-refractivity contribution in [1.29, 1.82) is 0 Å². The number of aryl methyl sites for hydroxylation is 2. The molecule has 0 atom stereocenters. The average molecular weight is 905 g/mol. The van der Waals surface area contributed by atoms with Gasteiger partial charge in [0.25, 0.3) is 5.91 Å². The zero-order valence-electron chi connectivity index (χ0n) is 35.7. The summed E-state index contributed by atoms with van der Waals surface area (Å²) in [4.78, 5) is 53.6. The van der Waals surface area contributed by atoms with E-state index in [4.69, 9.17) is 25.8 Å². The Hall–Kier alpha value is -6.84. The van der Waals surface area contributed by atoms with Gasteiger partial charge in [0.1, 0.15) is 23.9 Å². The lowest BCUT2D eigenvalue weighted by Gasteiger charge is -2.15. The van der Waals surface area contributed by atoms with Gasteiger partial charge in [0, 0.05) is 72.3 Å². The molecule has 0 aliphatic rings. The van der Waals surface area contributed by atoms with E-state index in [0.717, 1.165) is 40.8 Å². The summed E-state index contributed by atoms with van der Waals surface area (Å²) in [5.41, 5.74) is 4.81. The number of carbonyl (C=O) groups excluding carboxylic acids is 2. The molecule has 7 aromatic rings. The first kappa shape index (κ1) is 45.2. The van der Waals surface area contributed by atoms with E-state index < -0.39 is 5.97 Å². The maximum absolute atomic E-state index is 13.1. The van der Waals surface area contributed by atoms with Gasteiger partial charge < -0.3 is 39.7 Å². The Labute approximate surface area is 379 Å². The fraction of sp³-hybridized carbons (Fsp3) is 0.250. The number of amides is 2. The molecule has 0 saturated heterocycles. The molecule has 0 unspecified atom stereocenters. The van der Waals surface area contributed by atoms with Crippen LogP contribution in [0.3, 0.4) is 0 Å². The van der Waals surface area contributed by atoms with Crippen molar-refractivity contribution in [2.75, 3.05) is 31.0 Å². The fourth-order valence-electron chi connectivity index (χ4n) is 7.09. The standard InChI is InChI=1S/C48H49ClN6O8S/c1-4-21-61-33-11-9-12-34(24-33)63-44-28-43-42(54(2)48(60)55(43)3)27-41(44)53-64-35-13-8-10-31(23-35)46(57)51-19-7-5-6-14-45(56)50-20-22-62-32-17-15-30(16-18-32)36-25-37-38(47(58)59)29-52-40(37)26-39(36)49/h8-13,15-18,23-29,52-53H,4-7,14,19-22H2,1-3H3,(H,50,56)(H,51,57)(H,58,59). The smallest absolute Gasteiger partial charge is 0.337 e. The lowest BCUT2D eigenvalue weighted by Crippen LogP contribution is -2.28. The number of rotatable bonds is 21. The molecule has 16 heteroatoms. The van der Waals surface area contributed by atoms with Gasteiger partial charge >= 0.3 is 11.7 Å². The largest absolute Gasteiger partial charge is 0.493 e. The fourth-order valence-corrected chi connectivity index (χ4v) is 8.08. The van der Waals surface area contributed by atoms with Crippen LogP contribution >= 0.6 is 23.5 Å². The monoisotopic (exact) mass is 904 g/mol. The molecular formula is C48H49ClN6O8S. The molecule has 5 aromatic carbocycles. The van der Waals surface area contributed by atoms with Gasteiger partial charge in [-0.1, -0.05) is 49.2 Å². The van der Waals surface area contributed by atoms with Gasteiger partial charge in [-0.05, 0) is 97.4 Å². The Bertz CT molecular complexity index is 2850. The number of carboxylic acids is 1. The number of ether oxygens (including phenoxy) is 3. The third-order valence-corrected chi connectivity index (χ3v) is 11.6. The van der Waals surface area contributed by atoms with Gasteiger partial charge in [-0.25, -0.2) is 9.59 Å². The molecule has 0 saturated carbocycles. The van der Waals surface area contributed by atoms with E-state index in [9.17, 15) is 24.3 Å². The van der Waals surface area contributed by atoms with Crippen LogP contribution in [0.5, 0.6) is 23.0 Å². The first-order chi connectivity index (χ1) is 31.0. The molecule has 0 spiro atoms. The number of halogens is 1. The van der Waals surface area contributed by atoms with Crippen molar-refractivity contribution >= 4 is 69.0 Å². The van der Waals surface area contributed by atoms with Crippen LogP contribution in [0.25, 0.3) is 33.1 Å². The third kappa shape index (κ3) is 11.0. The number of carbonyl (C=O) groups is 3. The van der Waals surface area contributed by atoms with Crippen LogP contribution in [0.4, 0.5) is 5.69 Å². The number of imidazole rings is 1. The van der Waals surface area contributed by atoms with Crippen molar-refractivity contribution in [3.05, 3.63) is 130 Å². The highest BCUT2D eigenvalue weighted by Gasteiger charge is 2.17. The number of hydrogen-bond donors (Lipinski definition) is 5. The predicted octanol–water partition coefficient (Wildman–Crippen LogP) is 9.56. The van der Waals surface area contributed by atoms with Gasteiger partial charge in [0.05, 0.1) is 40.5 Å². The van der Waals surface area contributed by atoms with Crippen molar-refractivity contribution in [2.24, 2.45) is 14.1 Å². The molecular weight excluding hydrogens is 856 g/mol. The summed E-state index contributed by atoms with van der Waals surface area (Å²) in [6.07, 6.45) is 4.87. The molecule has 332 valence electrons. The normalized spacial score (nSPS) is 11.1. The maximum atomic E-state index is 13.1. The first-order valence-corrected chi connectivity index (χ1v) is 22.1. The van der Waals surface area contributed by atoms with Crippen LogP contribution < -0.4 is 35.3 Å². The van der Waals surface area contributed by atoms with E-state index in [2.05, 4.69) is 20.3 Å². The summed E-state index contributed by atoms with van der Waals surface area (Å²) in [7, 11) is 3.45. The molecule has 0 aliphatic heterocycles. The number of aromatic carboxylic acids is 1. The van der Waals surface area contributed by atoms with E-state index >= 15 is 0 Å². The summed E-state index contributed by atoms with van der Waals surface area (Å²) in [5.74, 6) is 1.15. The summed E-state index contributed by atoms with van der Waals surface area (Å²) in [6, 6.07) is 29.2. The second-order valence-corrected chi connectivity index (χ2v) is 16.4. The minimum absolute atomic E-state index is 0.0703. The number of nitrogens with one attached hydrogen (secondary N) is 4. The van der Waals surface area contributed by atoms with Crippen LogP contribution in [0.15, 0.2) is 113 Å². The minimum atomic E-state index is -1.02. The molecule has 2 aromatic heterocycles. The summed E-state index contributed by atoms with van der Waals surface area (Å²) in [6.45, 7) is 3.75. The van der Waals surface area contributed by atoms with Crippen LogP contribution in [0, 0.1) is 0 Å². The van der Waals surface area contributed by atoms with Gasteiger partial charge in [-0.3, -0.25) is 18.7 Å². The lowest BCUT2D eigenvalue weighted by molar-refractivity contribution is -0.121. The van der Waals surface area contributed by atoms with E-state index in [-0.39, 0.29) is 29.7 Å². The SMILES string of the molecule is CCCOc1cccc(Oc2cc3c(cc2NSc2cccc(C(=O)NCCCCCC(=O)NCCOc4ccc(-c5cc6c(C(=O)O)c[nH]c6cc5Cl)cc4)c2)n(C)c(=O)n3C)c1. The number of aromatic nitrogens is 3. The molecule has 2 amide bonds. The Morgan fingerprint density at radius 1 is 0.797 bits per heavy atom. The van der Waals surface area contributed by atoms with Crippen LogP contribution in [-0.2, 0) is 18.9 Å². The van der Waals surface area contributed by atoms with E-state index in [1.165, 1.54) is 18.1 Å². The molecule has 14 nitrogen and oxygen atoms in total. The molecule has 0 bridgehead atoms. The highest BCUT2D eigenvalue weighted by Crippen LogP contribution is 2.38. The topological polar surface area (TPSA) is 178 Å². The van der Waals surface area contributed by atoms with E-state index in [1.54, 1.807) is 53.6 Å². The van der Waals surface area contributed by atoms with Crippen molar-refractivity contribution in [2.45, 2.75) is 43.9 Å². The van der Waals surface area contributed by atoms with E-state index in [0.29, 0.717) is 88.3 Å². The van der Waals surface area contributed by atoms with Crippen LogP contribution in [-0.4, -0.2) is 63.3 Å². The number of aromatic amines is 1. The van der Waals surface area contributed by atoms with Crippen LogP contribution in [0.2, 0.25) is 5.02 Å². The highest BCUT2D eigenvalue weighted by atomic mass is 35.5. The predicted molar refractivity (Wildman–Crippen MR) is 251 cm³/mol. The molecule has 0 fully saturated rings. The first-order valence-electron chi connectivity index (χ1n) is 20.9. The summed E-state index contributed by atoms with van der Waals surface area (Å²) >= 11 is 7.82. The summed E-state index contributed by atoms with van der Waals surface area (Å²) in [5, 5.41) is 16.4. The Kier molecular flexibility index (Phi) is 14.8. The van der Waals surface area contributed by atoms with Crippen molar-refractivity contribution in [1.82, 2.24) is 24.8 Å². The number of anilines is 1. The third-order valence-electron chi connectivity index (χ3n) is 10.5. The van der Waals surface area contributed by atoms with Crippen molar-refractivity contribution in [3.63, 3.8) is 0 Å². The Balaban J connectivity index is 0.825. The summed E-state index contributed by atoms with van der Waals surface area (Å²) < 4.78 is 24.5. The molecule has 5 N–H and O–H groups in total. The van der Waals surface area contributed by atoms with Crippen molar-refractivity contribution in [3.8, 4) is 34.1 Å². The number of nitrogens with zero attached hydrogens (tertiary/aromatic N) is 2. The number of fused-ring (bicyclic) bond motifs is 2. The number of hydrogen-bond acceptors (Lipinski definition) is 9. The quantitative estimate of drug-likeness (QED) is 0.0345. The van der Waals surface area contributed by atoms with Crippen LogP contribution in [0.1, 0.15) is 59.7 Å². The molecule has 64 heavy (non-hydrogen) atoms. The minimum Gasteiger partial charge on any atom is -0.493 e. The molecule has 0 radical (unpaired) electrons. The number of unbranched alkanes of at least 4 members (excludes halogenated alkanes) is 2. The number of H-pyrrole nitrogens is 1. The zero-order valence-corrected chi connectivity index (χ0v) is 37.2. The molecule has 2 heterocycles. The lowest BCUT2D eigenvalue weighted by atomic mass is 10.0. The maximum Gasteiger partial charge on any atom is 0.337 e. The van der Waals surface area contributed by atoms with Gasteiger partial charge in [-0.2, -0.15) is 0 Å². The van der Waals surface area contributed by atoms with E-state index in [1.807, 2.05) is 73.7 Å². The molecule has 0 aliphatic carbocycles. The van der Waals surface area contributed by atoms with Crippen molar-refractivity contribution < 1.29 is 33.7 Å². The Morgan fingerprint density at radius 3 is 2.33 bits per heavy atom. The zero-order chi connectivity index (χ0) is 45.2. The van der Waals surface area contributed by atoms with Gasteiger partial charge in [0.2, 0.25) is 5.91 Å². The van der Waals surface area contributed by atoms with Gasteiger partial charge in [0.15, 0.2) is 5.75 Å². The second-order valence-electron chi connectivity index (χ2n) is 15.1. The highest BCUT2D eigenvalue weighted by molar-refractivity contribution is 8.00.